The highest BCUT2D eigenvalue weighted by molar-refractivity contribution is 7.98. The van der Waals surface area contributed by atoms with Crippen LogP contribution in [-0.2, 0) is 6.42 Å². The summed E-state index contributed by atoms with van der Waals surface area (Å²) in [5.41, 5.74) is 1.81. The van der Waals surface area contributed by atoms with Gasteiger partial charge in [-0.05, 0) is 86.5 Å². The Labute approximate surface area is 171 Å². The molecule has 0 radical (unpaired) electrons. The lowest BCUT2D eigenvalue weighted by atomic mass is 9.95. The minimum Gasteiger partial charge on any atom is -0.341 e. The van der Waals surface area contributed by atoms with Gasteiger partial charge in [0.2, 0.25) is 0 Å². The maximum absolute atomic E-state index is 13.3. The average molecular weight is 401 g/mol. The molecule has 0 N–H and O–H groups in total. The summed E-state index contributed by atoms with van der Waals surface area (Å²) in [4.78, 5) is 18.1. The normalized spacial score (nSPS) is 15.5. The third-order valence-electron chi connectivity index (χ3n) is 5.53. The predicted octanol–water partition coefficient (Wildman–Crippen LogP) is 4.57. The molecule has 0 unspecified atom stereocenters. The monoisotopic (exact) mass is 400 g/mol. The average Bonchev–Trinajstić information content (AvgIpc) is 2.73. The van der Waals surface area contributed by atoms with Crippen molar-refractivity contribution >= 4 is 17.7 Å². The summed E-state index contributed by atoms with van der Waals surface area (Å²) in [6.45, 7) is 3.86. The lowest BCUT2D eigenvalue weighted by Crippen LogP contribution is -2.40. The molecule has 2 aromatic rings. The molecule has 1 aliphatic rings. The number of rotatable bonds is 7. The molecule has 1 fully saturated rings. The fourth-order valence-electron chi connectivity index (χ4n) is 3.80. The van der Waals surface area contributed by atoms with Gasteiger partial charge in [0.15, 0.2) is 0 Å². The van der Waals surface area contributed by atoms with Crippen molar-refractivity contribution in [1.82, 2.24) is 9.80 Å². The van der Waals surface area contributed by atoms with Crippen LogP contribution in [-0.4, -0.2) is 55.2 Å². The predicted molar refractivity (Wildman–Crippen MR) is 114 cm³/mol. The number of thioether (sulfide) groups is 1. The Morgan fingerprint density at radius 2 is 1.89 bits per heavy atom. The molecule has 0 saturated carbocycles. The topological polar surface area (TPSA) is 23.6 Å². The smallest absolute Gasteiger partial charge is 0.253 e. The van der Waals surface area contributed by atoms with Gasteiger partial charge in [-0.1, -0.05) is 12.1 Å². The number of piperidine rings is 1. The fraction of sp³-hybridized carbons (Fsp3) is 0.435. The molecule has 3 rings (SSSR count). The van der Waals surface area contributed by atoms with Gasteiger partial charge in [0.05, 0.1) is 0 Å². The van der Waals surface area contributed by atoms with Gasteiger partial charge in [-0.25, -0.2) is 4.39 Å². The molecule has 0 aliphatic carbocycles. The first-order chi connectivity index (χ1) is 13.5. The van der Waals surface area contributed by atoms with Crippen molar-refractivity contribution in [2.45, 2.75) is 24.2 Å². The Hall–Kier alpha value is -1.85. The second-order valence-corrected chi connectivity index (χ2v) is 8.46. The Morgan fingerprint density at radius 1 is 1.18 bits per heavy atom. The Bertz CT molecular complexity index is 772. The lowest BCUT2D eigenvalue weighted by Gasteiger charge is -2.34. The molecule has 0 atom stereocenters. The van der Waals surface area contributed by atoms with E-state index in [1.165, 1.54) is 11.0 Å². The van der Waals surface area contributed by atoms with Crippen LogP contribution in [0.1, 0.15) is 28.8 Å². The first-order valence-corrected chi connectivity index (χ1v) is 11.1. The lowest BCUT2D eigenvalue weighted by molar-refractivity contribution is 0.0740. The molecule has 0 bridgehead atoms. The second-order valence-electron chi connectivity index (χ2n) is 7.58. The van der Waals surface area contributed by atoms with Crippen LogP contribution in [0.4, 0.5) is 4.39 Å². The van der Waals surface area contributed by atoms with E-state index in [0.717, 1.165) is 56.6 Å². The van der Waals surface area contributed by atoms with E-state index in [-0.39, 0.29) is 11.7 Å². The Kier molecular flexibility index (Phi) is 7.51. The van der Waals surface area contributed by atoms with Crippen LogP contribution < -0.4 is 0 Å². The molecule has 3 nitrogen and oxygen atoms in total. The first-order valence-electron chi connectivity index (χ1n) is 9.91. The van der Waals surface area contributed by atoms with E-state index in [0.29, 0.717) is 5.92 Å². The van der Waals surface area contributed by atoms with E-state index in [1.807, 2.05) is 48.5 Å². The van der Waals surface area contributed by atoms with Crippen LogP contribution in [0.3, 0.4) is 0 Å². The zero-order chi connectivity index (χ0) is 19.9. The number of nitrogens with zero attached hydrogens (tertiary/aromatic N) is 2. The standard InChI is InChI=1S/C23H29FN2OS/c1-25(23(27)20-6-8-22(28-2)9-7-20)17-19-11-14-26(15-12-19)13-10-18-4-3-5-21(24)16-18/h3-9,16,19H,10-15,17H2,1-2H3. The third kappa shape index (κ3) is 5.82. The third-order valence-corrected chi connectivity index (χ3v) is 6.27. The van der Waals surface area contributed by atoms with E-state index in [9.17, 15) is 9.18 Å². The van der Waals surface area contributed by atoms with Gasteiger partial charge >= 0.3 is 0 Å². The molecule has 0 spiro atoms. The molecule has 5 heteroatoms. The number of carbonyl (C=O) groups is 1. The van der Waals surface area contributed by atoms with Crippen molar-refractivity contribution in [2.24, 2.45) is 5.92 Å². The number of carbonyl (C=O) groups excluding carboxylic acids is 1. The van der Waals surface area contributed by atoms with Crippen LogP contribution in [0.5, 0.6) is 0 Å². The number of hydrogen-bond donors (Lipinski definition) is 0. The van der Waals surface area contributed by atoms with E-state index < -0.39 is 0 Å². The van der Waals surface area contributed by atoms with Crippen LogP contribution in [0.2, 0.25) is 0 Å². The summed E-state index contributed by atoms with van der Waals surface area (Å²) >= 11 is 1.68. The zero-order valence-corrected chi connectivity index (χ0v) is 17.6. The molecule has 150 valence electrons. The van der Waals surface area contributed by atoms with Gasteiger partial charge in [-0.2, -0.15) is 0 Å². The molecule has 1 heterocycles. The van der Waals surface area contributed by atoms with Crippen molar-refractivity contribution in [1.29, 1.82) is 0 Å². The van der Waals surface area contributed by atoms with Gasteiger partial charge in [0.1, 0.15) is 5.82 Å². The molecule has 2 aromatic carbocycles. The van der Waals surface area contributed by atoms with Crippen LogP contribution >= 0.6 is 11.8 Å². The highest BCUT2D eigenvalue weighted by atomic mass is 32.2. The van der Waals surface area contributed by atoms with E-state index in [4.69, 9.17) is 0 Å². The molecule has 0 aromatic heterocycles. The van der Waals surface area contributed by atoms with Crippen LogP contribution in [0.15, 0.2) is 53.4 Å². The quantitative estimate of drug-likeness (QED) is 0.636. The highest BCUT2D eigenvalue weighted by Gasteiger charge is 2.22. The van der Waals surface area contributed by atoms with Gasteiger partial charge in [-0.15, -0.1) is 11.8 Å². The number of hydrogen-bond acceptors (Lipinski definition) is 3. The van der Waals surface area contributed by atoms with E-state index in [1.54, 1.807) is 23.9 Å². The van der Waals surface area contributed by atoms with Crippen molar-refractivity contribution in [2.75, 3.05) is 39.5 Å². The zero-order valence-electron chi connectivity index (χ0n) is 16.7. The molecule has 1 aliphatic heterocycles. The Balaban J connectivity index is 1.42. The molecule has 1 amide bonds. The maximum atomic E-state index is 13.3. The maximum Gasteiger partial charge on any atom is 0.253 e. The summed E-state index contributed by atoms with van der Waals surface area (Å²) in [7, 11) is 1.90. The summed E-state index contributed by atoms with van der Waals surface area (Å²) in [6, 6.07) is 14.7. The van der Waals surface area contributed by atoms with Crippen molar-refractivity contribution in [3.8, 4) is 0 Å². The summed E-state index contributed by atoms with van der Waals surface area (Å²) in [5, 5.41) is 0. The minimum absolute atomic E-state index is 0.0983. The fourth-order valence-corrected chi connectivity index (χ4v) is 4.20. The van der Waals surface area contributed by atoms with E-state index in [2.05, 4.69) is 4.90 Å². The molecule has 1 saturated heterocycles. The summed E-state index contributed by atoms with van der Waals surface area (Å²) < 4.78 is 13.3. The van der Waals surface area contributed by atoms with Gasteiger partial charge in [0.25, 0.3) is 5.91 Å². The SMILES string of the molecule is CSc1ccc(C(=O)N(C)CC2CCN(CCc3cccc(F)c3)CC2)cc1. The molecular weight excluding hydrogens is 371 g/mol. The van der Waals surface area contributed by atoms with Crippen molar-refractivity contribution in [3.05, 3.63) is 65.5 Å². The minimum atomic E-state index is -0.160. The van der Waals surface area contributed by atoms with Crippen LogP contribution in [0.25, 0.3) is 0 Å². The van der Waals surface area contributed by atoms with Gasteiger partial charge in [-0.3, -0.25) is 4.79 Å². The summed E-state index contributed by atoms with van der Waals surface area (Å²) in [5.74, 6) is 0.484. The van der Waals surface area contributed by atoms with E-state index >= 15 is 0 Å². The van der Waals surface area contributed by atoms with Gasteiger partial charge < -0.3 is 9.80 Å². The van der Waals surface area contributed by atoms with Crippen LogP contribution in [0, 0.1) is 11.7 Å². The summed E-state index contributed by atoms with van der Waals surface area (Å²) in [6.07, 6.45) is 5.12. The molecular formula is C23H29FN2OS. The number of benzene rings is 2. The van der Waals surface area contributed by atoms with Crippen molar-refractivity contribution < 1.29 is 9.18 Å². The second kappa shape index (κ2) is 10.1. The Morgan fingerprint density at radius 3 is 2.54 bits per heavy atom. The van der Waals surface area contributed by atoms with Crippen molar-refractivity contribution in [3.63, 3.8) is 0 Å². The first kappa shape index (κ1) is 20.9. The number of amides is 1. The number of halogens is 1. The van der Waals surface area contributed by atoms with Gasteiger partial charge in [0, 0.05) is 30.6 Å². The highest BCUT2D eigenvalue weighted by Crippen LogP contribution is 2.20. The largest absolute Gasteiger partial charge is 0.341 e. The number of likely N-dealkylation sites (tertiary alicyclic amines) is 1. The molecule has 28 heavy (non-hydrogen) atoms.